The van der Waals surface area contributed by atoms with Gasteiger partial charge in [0.25, 0.3) is 0 Å². The first-order chi connectivity index (χ1) is 15.5. The zero-order valence-corrected chi connectivity index (χ0v) is 19.4. The van der Waals surface area contributed by atoms with Gasteiger partial charge in [-0.25, -0.2) is 0 Å². The van der Waals surface area contributed by atoms with Gasteiger partial charge in [-0.15, -0.1) is 11.8 Å². The number of nitrogens with one attached hydrogen (secondary N) is 2. The lowest BCUT2D eigenvalue weighted by atomic mass is 9.98. The second-order valence-electron chi connectivity index (χ2n) is 7.60. The van der Waals surface area contributed by atoms with Crippen LogP contribution in [0.3, 0.4) is 0 Å². The lowest BCUT2D eigenvalue weighted by Crippen LogP contribution is -2.47. The van der Waals surface area contributed by atoms with Crippen molar-refractivity contribution in [3.8, 4) is 0 Å². The molecule has 3 aromatic carbocycles. The van der Waals surface area contributed by atoms with Gasteiger partial charge < -0.3 is 10.6 Å². The Morgan fingerprint density at radius 1 is 0.875 bits per heavy atom. The van der Waals surface area contributed by atoms with E-state index in [-0.39, 0.29) is 24.4 Å². The Morgan fingerprint density at radius 2 is 1.41 bits per heavy atom. The van der Waals surface area contributed by atoms with E-state index in [1.54, 1.807) is 23.7 Å². The third-order valence-corrected chi connectivity index (χ3v) is 6.16. The summed E-state index contributed by atoms with van der Waals surface area (Å²) in [6, 6.07) is 26.7. The molecule has 3 rings (SSSR count). The lowest BCUT2D eigenvalue weighted by molar-refractivity contribution is -0.127. The van der Waals surface area contributed by atoms with Crippen molar-refractivity contribution in [3.05, 3.63) is 96.1 Å². The average molecular weight is 448 g/mol. The third-order valence-electron chi connectivity index (χ3n) is 5.37. The van der Waals surface area contributed by atoms with Crippen molar-refractivity contribution in [2.75, 3.05) is 25.2 Å². The number of likely N-dealkylation sites (N-methyl/N-ethyl adjacent to an activating group) is 1. The van der Waals surface area contributed by atoms with E-state index in [2.05, 4.69) is 10.6 Å². The summed E-state index contributed by atoms with van der Waals surface area (Å²) in [4.78, 5) is 28.4. The predicted molar refractivity (Wildman–Crippen MR) is 132 cm³/mol. The number of benzene rings is 3. The standard InChI is InChI=1S/C26H29N3O2S/c1-19(29(2)18-24(30)27-22-16-10-11-17-23(22)32-3)26(31)28-25(20-12-6-4-7-13-20)21-14-8-5-9-15-21/h4-17,19,25H,18H2,1-3H3,(H,27,30)(H,28,31). The molecule has 32 heavy (non-hydrogen) atoms. The Bertz CT molecular complexity index is 988. The highest BCUT2D eigenvalue weighted by atomic mass is 32.2. The molecule has 0 aliphatic carbocycles. The van der Waals surface area contributed by atoms with Crippen LogP contribution < -0.4 is 10.6 Å². The van der Waals surface area contributed by atoms with Crippen molar-refractivity contribution in [2.45, 2.75) is 23.9 Å². The molecule has 0 fully saturated rings. The number of amides is 2. The number of anilines is 1. The van der Waals surface area contributed by atoms with Crippen molar-refractivity contribution < 1.29 is 9.59 Å². The molecule has 1 unspecified atom stereocenters. The highest BCUT2D eigenvalue weighted by Gasteiger charge is 2.24. The largest absolute Gasteiger partial charge is 0.344 e. The molecule has 0 radical (unpaired) electrons. The second kappa shape index (κ2) is 11.5. The number of hydrogen-bond donors (Lipinski definition) is 2. The molecule has 0 saturated carbocycles. The predicted octanol–water partition coefficient (Wildman–Crippen LogP) is 4.57. The van der Waals surface area contributed by atoms with Crippen LogP contribution in [-0.2, 0) is 9.59 Å². The van der Waals surface area contributed by atoms with Crippen molar-refractivity contribution in [1.82, 2.24) is 10.2 Å². The topological polar surface area (TPSA) is 61.4 Å². The van der Waals surface area contributed by atoms with E-state index >= 15 is 0 Å². The normalized spacial score (nSPS) is 11.9. The molecule has 0 saturated heterocycles. The molecule has 5 nitrogen and oxygen atoms in total. The molecular formula is C26H29N3O2S. The number of carbonyl (C=O) groups excluding carboxylic acids is 2. The molecule has 0 aromatic heterocycles. The number of thioether (sulfide) groups is 1. The van der Waals surface area contributed by atoms with Crippen LogP contribution in [0, 0.1) is 0 Å². The lowest BCUT2D eigenvalue weighted by Gasteiger charge is -2.27. The Labute approximate surface area is 194 Å². The van der Waals surface area contributed by atoms with Crippen molar-refractivity contribution in [2.24, 2.45) is 0 Å². The quantitative estimate of drug-likeness (QED) is 0.472. The average Bonchev–Trinajstić information content (AvgIpc) is 2.83. The van der Waals surface area contributed by atoms with Crippen LogP contribution in [0.1, 0.15) is 24.1 Å². The Hall–Kier alpha value is -3.09. The van der Waals surface area contributed by atoms with E-state index in [0.29, 0.717) is 0 Å². The number of para-hydroxylation sites is 1. The van der Waals surface area contributed by atoms with Crippen LogP contribution in [0.2, 0.25) is 0 Å². The summed E-state index contributed by atoms with van der Waals surface area (Å²) in [5.41, 5.74) is 2.80. The van der Waals surface area contributed by atoms with E-state index < -0.39 is 6.04 Å². The highest BCUT2D eigenvalue weighted by molar-refractivity contribution is 7.98. The molecule has 0 aliphatic heterocycles. The number of hydrogen-bond acceptors (Lipinski definition) is 4. The van der Waals surface area contributed by atoms with E-state index in [9.17, 15) is 9.59 Å². The van der Waals surface area contributed by atoms with Gasteiger partial charge >= 0.3 is 0 Å². The van der Waals surface area contributed by atoms with Crippen LogP contribution >= 0.6 is 11.8 Å². The van der Waals surface area contributed by atoms with E-state index in [1.807, 2.05) is 98.1 Å². The Morgan fingerprint density at radius 3 is 1.97 bits per heavy atom. The molecular weight excluding hydrogens is 418 g/mol. The number of nitrogens with zero attached hydrogens (tertiary/aromatic N) is 1. The first-order valence-electron chi connectivity index (χ1n) is 10.5. The van der Waals surface area contributed by atoms with Crippen LogP contribution in [0.25, 0.3) is 0 Å². The van der Waals surface area contributed by atoms with Gasteiger partial charge in [0.15, 0.2) is 0 Å². The van der Waals surface area contributed by atoms with Crippen molar-refractivity contribution in [3.63, 3.8) is 0 Å². The molecule has 0 bridgehead atoms. The van der Waals surface area contributed by atoms with Gasteiger partial charge in [-0.2, -0.15) is 0 Å². The smallest absolute Gasteiger partial charge is 0.238 e. The van der Waals surface area contributed by atoms with Crippen LogP contribution in [0.5, 0.6) is 0 Å². The van der Waals surface area contributed by atoms with Crippen LogP contribution in [-0.4, -0.2) is 42.6 Å². The molecule has 166 valence electrons. The van der Waals surface area contributed by atoms with Crippen LogP contribution in [0.4, 0.5) is 5.69 Å². The fourth-order valence-electron chi connectivity index (χ4n) is 3.41. The van der Waals surface area contributed by atoms with E-state index in [0.717, 1.165) is 21.7 Å². The molecule has 6 heteroatoms. The van der Waals surface area contributed by atoms with Crippen molar-refractivity contribution in [1.29, 1.82) is 0 Å². The SMILES string of the molecule is CSc1ccccc1NC(=O)CN(C)C(C)C(=O)NC(c1ccccc1)c1ccccc1. The van der Waals surface area contributed by atoms with Gasteiger partial charge in [-0.1, -0.05) is 72.8 Å². The zero-order chi connectivity index (χ0) is 22.9. The first kappa shape index (κ1) is 23.6. The minimum atomic E-state index is -0.480. The first-order valence-corrected chi connectivity index (χ1v) is 11.8. The number of rotatable bonds is 9. The molecule has 2 amide bonds. The van der Waals surface area contributed by atoms with Gasteiger partial charge in [-0.3, -0.25) is 14.5 Å². The maximum atomic E-state index is 13.1. The summed E-state index contributed by atoms with van der Waals surface area (Å²) in [5, 5.41) is 6.10. The number of carbonyl (C=O) groups is 2. The van der Waals surface area contributed by atoms with Gasteiger partial charge in [0, 0.05) is 4.90 Å². The second-order valence-corrected chi connectivity index (χ2v) is 8.45. The molecule has 3 aromatic rings. The monoisotopic (exact) mass is 447 g/mol. The summed E-state index contributed by atoms with van der Waals surface area (Å²) < 4.78 is 0. The van der Waals surface area contributed by atoms with E-state index in [1.165, 1.54) is 0 Å². The summed E-state index contributed by atoms with van der Waals surface area (Å²) in [5.74, 6) is -0.293. The van der Waals surface area contributed by atoms with E-state index in [4.69, 9.17) is 0 Å². The van der Waals surface area contributed by atoms with Gasteiger partial charge in [0.05, 0.1) is 24.3 Å². The minimum Gasteiger partial charge on any atom is -0.344 e. The summed E-state index contributed by atoms with van der Waals surface area (Å²) in [6.45, 7) is 1.92. The summed E-state index contributed by atoms with van der Waals surface area (Å²) >= 11 is 1.58. The Balaban J connectivity index is 1.66. The van der Waals surface area contributed by atoms with Gasteiger partial charge in [0.1, 0.15) is 0 Å². The zero-order valence-electron chi connectivity index (χ0n) is 18.6. The Kier molecular flexibility index (Phi) is 8.48. The minimum absolute atomic E-state index is 0.110. The maximum absolute atomic E-state index is 13.1. The molecule has 0 aliphatic rings. The van der Waals surface area contributed by atoms with Crippen molar-refractivity contribution >= 4 is 29.3 Å². The molecule has 0 spiro atoms. The van der Waals surface area contributed by atoms with Gasteiger partial charge in [0.2, 0.25) is 11.8 Å². The fourth-order valence-corrected chi connectivity index (χ4v) is 3.97. The highest BCUT2D eigenvalue weighted by Crippen LogP contribution is 2.25. The maximum Gasteiger partial charge on any atom is 0.238 e. The van der Waals surface area contributed by atoms with Crippen LogP contribution in [0.15, 0.2) is 89.8 Å². The summed E-state index contributed by atoms with van der Waals surface area (Å²) in [7, 11) is 1.78. The molecule has 2 N–H and O–H groups in total. The fraction of sp³-hybridized carbons (Fsp3) is 0.231. The third kappa shape index (κ3) is 6.22. The molecule has 0 heterocycles. The summed E-state index contributed by atoms with van der Waals surface area (Å²) in [6.07, 6.45) is 1.97. The van der Waals surface area contributed by atoms with Gasteiger partial charge in [-0.05, 0) is 43.5 Å². The molecule has 1 atom stereocenters.